The second-order valence-corrected chi connectivity index (χ2v) is 4.35. The standard InChI is InChI=1S/C13H13BrO/c1-2-11-8-9-12(15-11)13(14)10-6-4-3-5-7-10/h3-9,13H,2H2,1H3. The Balaban J connectivity index is 2.24. The molecule has 0 aliphatic heterocycles. The fraction of sp³-hybridized carbons (Fsp3) is 0.231. The van der Waals surface area contributed by atoms with Gasteiger partial charge in [0.25, 0.3) is 0 Å². The third-order valence-corrected chi connectivity index (χ3v) is 3.35. The Bertz CT molecular complexity index is 419. The van der Waals surface area contributed by atoms with E-state index < -0.39 is 0 Å². The molecule has 15 heavy (non-hydrogen) atoms. The molecule has 2 aromatic rings. The summed E-state index contributed by atoms with van der Waals surface area (Å²) in [6.07, 6.45) is 0.939. The van der Waals surface area contributed by atoms with Crippen LogP contribution in [-0.4, -0.2) is 0 Å². The molecule has 2 rings (SSSR count). The number of benzene rings is 1. The van der Waals surface area contributed by atoms with Crippen LogP contribution in [0.25, 0.3) is 0 Å². The van der Waals surface area contributed by atoms with Crippen LogP contribution < -0.4 is 0 Å². The Morgan fingerprint density at radius 1 is 1.13 bits per heavy atom. The number of alkyl halides is 1. The molecule has 2 heteroatoms. The number of aryl methyl sites for hydroxylation is 1. The number of rotatable bonds is 3. The van der Waals surface area contributed by atoms with Crippen LogP contribution in [0.2, 0.25) is 0 Å². The van der Waals surface area contributed by atoms with Crippen LogP contribution in [0.1, 0.15) is 28.8 Å². The Morgan fingerprint density at radius 2 is 1.87 bits per heavy atom. The van der Waals surface area contributed by atoms with Crippen LogP contribution in [0.3, 0.4) is 0 Å². The van der Waals surface area contributed by atoms with Crippen molar-refractivity contribution in [1.82, 2.24) is 0 Å². The van der Waals surface area contributed by atoms with Gasteiger partial charge in [-0.05, 0) is 17.7 Å². The van der Waals surface area contributed by atoms with E-state index in [2.05, 4.69) is 35.0 Å². The van der Waals surface area contributed by atoms with Crippen molar-refractivity contribution in [1.29, 1.82) is 0 Å². The van der Waals surface area contributed by atoms with Gasteiger partial charge in [-0.2, -0.15) is 0 Å². The first-order chi connectivity index (χ1) is 7.31. The summed E-state index contributed by atoms with van der Waals surface area (Å²) in [6, 6.07) is 14.3. The van der Waals surface area contributed by atoms with Crippen LogP contribution >= 0.6 is 15.9 Å². The minimum Gasteiger partial charge on any atom is -0.465 e. The van der Waals surface area contributed by atoms with Crippen LogP contribution in [0.5, 0.6) is 0 Å². The molecule has 1 atom stereocenters. The highest BCUT2D eigenvalue weighted by Gasteiger charge is 2.13. The van der Waals surface area contributed by atoms with Crippen molar-refractivity contribution in [2.24, 2.45) is 0 Å². The van der Waals surface area contributed by atoms with Crippen molar-refractivity contribution >= 4 is 15.9 Å². The van der Waals surface area contributed by atoms with Gasteiger partial charge in [-0.3, -0.25) is 0 Å². The maximum Gasteiger partial charge on any atom is 0.122 e. The minimum atomic E-state index is 0.152. The monoisotopic (exact) mass is 264 g/mol. The summed E-state index contributed by atoms with van der Waals surface area (Å²) in [5, 5.41) is 0. The van der Waals surface area contributed by atoms with Gasteiger partial charge in [0, 0.05) is 6.42 Å². The quantitative estimate of drug-likeness (QED) is 0.753. The van der Waals surface area contributed by atoms with Gasteiger partial charge in [-0.25, -0.2) is 0 Å². The van der Waals surface area contributed by atoms with Gasteiger partial charge in [0.15, 0.2) is 0 Å². The van der Waals surface area contributed by atoms with Gasteiger partial charge >= 0.3 is 0 Å². The predicted molar refractivity (Wildman–Crippen MR) is 65.3 cm³/mol. The van der Waals surface area contributed by atoms with Crippen molar-refractivity contribution in [3.05, 3.63) is 59.5 Å². The summed E-state index contributed by atoms with van der Waals surface area (Å²) >= 11 is 3.64. The molecule has 0 spiro atoms. The maximum absolute atomic E-state index is 5.70. The summed E-state index contributed by atoms with van der Waals surface area (Å²) in [4.78, 5) is 0.152. The average molecular weight is 265 g/mol. The smallest absolute Gasteiger partial charge is 0.122 e. The van der Waals surface area contributed by atoms with Gasteiger partial charge in [-0.15, -0.1) is 0 Å². The maximum atomic E-state index is 5.70. The van der Waals surface area contributed by atoms with E-state index in [1.807, 2.05) is 30.3 Å². The number of hydrogen-bond acceptors (Lipinski definition) is 1. The molecule has 0 aliphatic rings. The zero-order valence-corrected chi connectivity index (χ0v) is 10.2. The number of hydrogen-bond donors (Lipinski definition) is 0. The molecule has 0 radical (unpaired) electrons. The van der Waals surface area contributed by atoms with Crippen molar-refractivity contribution in [3.63, 3.8) is 0 Å². The highest BCUT2D eigenvalue weighted by Crippen LogP contribution is 2.31. The topological polar surface area (TPSA) is 13.1 Å². The summed E-state index contributed by atoms with van der Waals surface area (Å²) in [5.41, 5.74) is 1.22. The fourth-order valence-corrected chi connectivity index (χ4v) is 2.06. The number of furan rings is 1. The number of halogens is 1. The first kappa shape index (κ1) is 10.5. The van der Waals surface area contributed by atoms with E-state index in [1.54, 1.807) is 0 Å². The molecule has 1 nitrogen and oxygen atoms in total. The molecule has 0 saturated carbocycles. The van der Waals surface area contributed by atoms with E-state index in [9.17, 15) is 0 Å². The summed E-state index contributed by atoms with van der Waals surface area (Å²) in [7, 11) is 0. The second kappa shape index (κ2) is 4.67. The second-order valence-electron chi connectivity index (χ2n) is 3.43. The average Bonchev–Trinajstić information content (AvgIpc) is 2.78. The van der Waals surface area contributed by atoms with Crippen molar-refractivity contribution in [3.8, 4) is 0 Å². The Morgan fingerprint density at radius 3 is 2.47 bits per heavy atom. The zero-order chi connectivity index (χ0) is 10.7. The highest BCUT2D eigenvalue weighted by molar-refractivity contribution is 9.09. The van der Waals surface area contributed by atoms with Gasteiger partial charge in [0.05, 0.1) is 4.83 Å². The third-order valence-electron chi connectivity index (χ3n) is 2.37. The molecular weight excluding hydrogens is 252 g/mol. The molecule has 1 aromatic carbocycles. The van der Waals surface area contributed by atoms with E-state index in [0.717, 1.165) is 17.9 Å². The lowest BCUT2D eigenvalue weighted by atomic mass is 10.1. The first-order valence-electron chi connectivity index (χ1n) is 5.09. The Labute approximate surface area is 98.2 Å². The summed E-state index contributed by atoms with van der Waals surface area (Å²) < 4.78 is 5.70. The molecule has 1 heterocycles. The Kier molecular flexibility index (Phi) is 3.27. The van der Waals surface area contributed by atoms with Gasteiger partial charge < -0.3 is 4.42 Å². The van der Waals surface area contributed by atoms with Crippen molar-refractivity contribution < 1.29 is 4.42 Å². The molecule has 0 fully saturated rings. The fourth-order valence-electron chi connectivity index (χ4n) is 1.51. The Hall–Kier alpha value is -1.02. The van der Waals surface area contributed by atoms with Crippen molar-refractivity contribution in [2.45, 2.75) is 18.2 Å². The molecule has 0 bridgehead atoms. The van der Waals surface area contributed by atoms with E-state index in [4.69, 9.17) is 4.42 Å². The molecule has 78 valence electrons. The molecule has 1 unspecified atom stereocenters. The summed E-state index contributed by atoms with van der Waals surface area (Å²) in [6.45, 7) is 2.09. The van der Waals surface area contributed by atoms with Crippen LogP contribution in [0.15, 0.2) is 46.9 Å². The van der Waals surface area contributed by atoms with Crippen LogP contribution in [0.4, 0.5) is 0 Å². The third kappa shape index (κ3) is 2.32. The van der Waals surface area contributed by atoms with Crippen LogP contribution in [0, 0.1) is 0 Å². The van der Waals surface area contributed by atoms with E-state index >= 15 is 0 Å². The SMILES string of the molecule is CCc1ccc(C(Br)c2ccccc2)o1. The first-order valence-corrected chi connectivity index (χ1v) is 6.00. The largest absolute Gasteiger partial charge is 0.465 e. The molecular formula is C13H13BrO. The molecule has 0 N–H and O–H groups in total. The van der Waals surface area contributed by atoms with Crippen LogP contribution in [-0.2, 0) is 6.42 Å². The lowest BCUT2D eigenvalue weighted by molar-refractivity contribution is 0.477. The highest BCUT2D eigenvalue weighted by atomic mass is 79.9. The van der Waals surface area contributed by atoms with Crippen molar-refractivity contribution in [2.75, 3.05) is 0 Å². The van der Waals surface area contributed by atoms with E-state index in [0.29, 0.717) is 0 Å². The summed E-state index contributed by atoms with van der Waals surface area (Å²) in [5.74, 6) is 2.00. The predicted octanol–water partition coefficient (Wildman–Crippen LogP) is 4.33. The lowest BCUT2D eigenvalue weighted by Gasteiger charge is -2.06. The minimum absolute atomic E-state index is 0.152. The van der Waals surface area contributed by atoms with E-state index in [-0.39, 0.29) is 4.83 Å². The molecule has 0 aliphatic carbocycles. The lowest BCUT2D eigenvalue weighted by Crippen LogP contribution is -1.89. The van der Waals surface area contributed by atoms with Gasteiger partial charge in [0.1, 0.15) is 11.5 Å². The van der Waals surface area contributed by atoms with Gasteiger partial charge in [-0.1, -0.05) is 53.2 Å². The molecule has 1 aromatic heterocycles. The van der Waals surface area contributed by atoms with Gasteiger partial charge in [0.2, 0.25) is 0 Å². The molecule has 0 saturated heterocycles. The zero-order valence-electron chi connectivity index (χ0n) is 8.61. The molecule has 0 amide bonds. The normalized spacial score (nSPS) is 12.7. The van der Waals surface area contributed by atoms with E-state index in [1.165, 1.54) is 5.56 Å².